The smallest absolute Gasteiger partial charge is 0.326 e. The van der Waals surface area contributed by atoms with Gasteiger partial charge in [-0.3, -0.25) is 14.4 Å². The second kappa shape index (κ2) is 11.6. The van der Waals surface area contributed by atoms with Gasteiger partial charge in [0.1, 0.15) is 18.1 Å². The lowest BCUT2D eigenvalue weighted by molar-refractivity contribution is -0.144. The van der Waals surface area contributed by atoms with Crippen molar-refractivity contribution in [1.29, 1.82) is 0 Å². The molecule has 0 aromatic carbocycles. The Balaban J connectivity index is 5.35. The van der Waals surface area contributed by atoms with E-state index in [-0.39, 0.29) is 5.92 Å². The molecule has 0 heterocycles. The van der Waals surface area contributed by atoms with Gasteiger partial charge in [-0.2, -0.15) is 0 Å². The molecule has 0 aliphatic rings. The molecule has 3 amide bonds. The molecule has 0 aromatic heterocycles. The van der Waals surface area contributed by atoms with Crippen LogP contribution >= 0.6 is 0 Å². The summed E-state index contributed by atoms with van der Waals surface area (Å²) < 4.78 is 0. The Morgan fingerprint density at radius 3 is 1.43 bits per heavy atom. The van der Waals surface area contributed by atoms with Gasteiger partial charge in [0, 0.05) is 0 Å². The van der Waals surface area contributed by atoms with Crippen molar-refractivity contribution in [3.8, 4) is 0 Å². The van der Waals surface area contributed by atoms with Gasteiger partial charge in [-0.1, -0.05) is 20.3 Å². The van der Waals surface area contributed by atoms with Crippen molar-refractivity contribution in [1.82, 2.24) is 16.0 Å². The van der Waals surface area contributed by atoms with E-state index in [2.05, 4.69) is 16.0 Å². The predicted molar refractivity (Wildman–Crippen MR) is 99.9 cm³/mol. The van der Waals surface area contributed by atoms with Gasteiger partial charge in [0.2, 0.25) is 17.7 Å². The summed E-state index contributed by atoms with van der Waals surface area (Å²) in [6.07, 6.45) is -2.20. The third kappa shape index (κ3) is 7.79. The van der Waals surface area contributed by atoms with Crippen molar-refractivity contribution in [3.63, 3.8) is 0 Å². The zero-order valence-electron chi connectivity index (χ0n) is 16.8. The van der Waals surface area contributed by atoms with Crippen LogP contribution in [0.5, 0.6) is 0 Å². The van der Waals surface area contributed by atoms with Gasteiger partial charge in [0.15, 0.2) is 0 Å². The van der Waals surface area contributed by atoms with E-state index < -0.39 is 60.1 Å². The largest absolute Gasteiger partial charge is 0.480 e. The van der Waals surface area contributed by atoms with Crippen LogP contribution in [0, 0.1) is 5.92 Å². The van der Waals surface area contributed by atoms with Crippen molar-refractivity contribution < 1.29 is 34.5 Å². The second-order valence-electron chi connectivity index (χ2n) is 6.95. The number of aliphatic carboxylic acids is 1. The number of rotatable bonds is 11. The Labute approximate surface area is 164 Å². The predicted octanol–water partition coefficient (Wildman–Crippen LogP) is -2.32. The molecule has 0 rings (SSSR count). The molecule has 0 radical (unpaired) electrons. The van der Waals surface area contributed by atoms with E-state index in [1.807, 2.05) is 0 Å². The van der Waals surface area contributed by atoms with E-state index in [1.54, 1.807) is 13.8 Å². The summed E-state index contributed by atoms with van der Waals surface area (Å²) in [6, 6.07) is -5.05. The molecule has 0 aliphatic carbocycles. The maximum atomic E-state index is 12.5. The monoisotopic (exact) mass is 404 g/mol. The highest BCUT2D eigenvalue weighted by atomic mass is 16.4. The molecular formula is C17H32N4O7. The lowest BCUT2D eigenvalue weighted by Crippen LogP contribution is -2.62. The van der Waals surface area contributed by atoms with Crippen LogP contribution in [0.4, 0.5) is 0 Å². The minimum atomic E-state index is -1.49. The lowest BCUT2D eigenvalue weighted by atomic mass is 9.98. The highest BCUT2D eigenvalue weighted by Gasteiger charge is 2.35. The van der Waals surface area contributed by atoms with Gasteiger partial charge < -0.3 is 37.0 Å². The number of carboxylic acid groups (broad SMARTS) is 1. The first-order valence-electron chi connectivity index (χ1n) is 9.09. The van der Waals surface area contributed by atoms with E-state index in [4.69, 9.17) is 5.73 Å². The van der Waals surface area contributed by atoms with Crippen LogP contribution in [-0.4, -0.2) is 75.4 Å². The fraction of sp³-hybridized carbons (Fsp3) is 0.765. The van der Waals surface area contributed by atoms with Crippen molar-refractivity contribution in [2.75, 3.05) is 0 Å². The zero-order valence-corrected chi connectivity index (χ0v) is 16.8. The standard InChI is InChI=1S/C17H32N4O7/c1-6-7(2)11(17(27)28)19-15(25)13(10(5)23)21-16(26)12(9(4)22)20-14(24)8(3)18/h7-13,22-23H,6,18H2,1-5H3,(H,19,25)(H,20,24)(H,21,26)(H,27,28). The summed E-state index contributed by atoms with van der Waals surface area (Å²) in [5, 5.41) is 35.7. The highest BCUT2D eigenvalue weighted by molar-refractivity contribution is 5.94. The summed E-state index contributed by atoms with van der Waals surface area (Å²) >= 11 is 0. The molecule has 7 unspecified atom stereocenters. The maximum absolute atomic E-state index is 12.5. The molecule has 0 aromatic rings. The molecule has 0 aliphatic heterocycles. The normalized spacial score (nSPS) is 18.6. The lowest BCUT2D eigenvalue weighted by Gasteiger charge is -2.28. The van der Waals surface area contributed by atoms with Gasteiger partial charge in [-0.15, -0.1) is 0 Å². The number of carbonyl (C=O) groups excluding carboxylic acids is 3. The van der Waals surface area contributed by atoms with Crippen LogP contribution in [0.15, 0.2) is 0 Å². The average Bonchev–Trinajstić information content (AvgIpc) is 2.59. The second-order valence-corrected chi connectivity index (χ2v) is 6.95. The number of nitrogens with one attached hydrogen (secondary N) is 3. The van der Waals surface area contributed by atoms with Crippen LogP contribution in [-0.2, 0) is 19.2 Å². The number of hydrogen-bond acceptors (Lipinski definition) is 7. The number of nitrogens with two attached hydrogens (primary N) is 1. The molecule has 0 bridgehead atoms. The Hall–Kier alpha value is -2.24. The number of carboxylic acids is 1. The van der Waals surface area contributed by atoms with E-state index in [9.17, 15) is 34.5 Å². The van der Waals surface area contributed by atoms with Gasteiger partial charge in [-0.25, -0.2) is 4.79 Å². The molecule has 28 heavy (non-hydrogen) atoms. The number of aliphatic hydroxyl groups is 2. The molecule has 162 valence electrons. The van der Waals surface area contributed by atoms with Gasteiger partial charge >= 0.3 is 5.97 Å². The quantitative estimate of drug-likeness (QED) is 0.199. The van der Waals surface area contributed by atoms with E-state index in [0.717, 1.165) is 0 Å². The topological polar surface area (TPSA) is 191 Å². The number of hydrogen-bond donors (Lipinski definition) is 7. The number of carbonyl (C=O) groups is 4. The fourth-order valence-corrected chi connectivity index (χ4v) is 2.26. The van der Waals surface area contributed by atoms with E-state index in [0.29, 0.717) is 6.42 Å². The molecule has 11 nitrogen and oxygen atoms in total. The van der Waals surface area contributed by atoms with Crippen LogP contribution in [0.2, 0.25) is 0 Å². The molecule has 8 N–H and O–H groups in total. The van der Waals surface area contributed by atoms with Crippen molar-refractivity contribution >= 4 is 23.7 Å². The molecule has 0 saturated heterocycles. The number of amides is 3. The third-order valence-corrected chi connectivity index (χ3v) is 4.32. The van der Waals surface area contributed by atoms with Gasteiger partial charge in [-0.05, 0) is 26.7 Å². The van der Waals surface area contributed by atoms with Gasteiger partial charge in [0.05, 0.1) is 18.2 Å². The summed E-state index contributed by atoms with van der Waals surface area (Å²) in [4.78, 5) is 48.0. The number of aliphatic hydroxyl groups excluding tert-OH is 2. The van der Waals surface area contributed by atoms with Crippen molar-refractivity contribution in [2.24, 2.45) is 11.7 Å². The molecular weight excluding hydrogens is 372 g/mol. The van der Waals surface area contributed by atoms with E-state index in [1.165, 1.54) is 20.8 Å². The van der Waals surface area contributed by atoms with Crippen LogP contribution < -0.4 is 21.7 Å². The fourth-order valence-electron chi connectivity index (χ4n) is 2.26. The zero-order chi connectivity index (χ0) is 22.2. The maximum Gasteiger partial charge on any atom is 0.326 e. The Morgan fingerprint density at radius 1 is 0.786 bits per heavy atom. The molecule has 0 saturated carbocycles. The summed E-state index contributed by atoms with van der Waals surface area (Å²) in [7, 11) is 0. The summed E-state index contributed by atoms with van der Waals surface area (Å²) in [5.41, 5.74) is 5.42. The SMILES string of the molecule is CCC(C)C(NC(=O)C(NC(=O)C(NC(=O)C(C)N)C(C)O)C(C)O)C(=O)O. The minimum absolute atomic E-state index is 0.387. The molecule has 7 atom stereocenters. The third-order valence-electron chi connectivity index (χ3n) is 4.32. The molecule has 11 heteroatoms. The summed E-state index contributed by atoms with van der Waals surface area (Å²) in [5.74, 6) is -4.16. The summed E-state index contributed by atoms with van der Waals surface area (Å²) in [6.45, 7) is 7.28. The first-order chi connectivity index (χ1) is 12.8. The van der Waals surface area contributed by atoms with Gasteiger partial charge in [0.25, 0.3) is 0 Å². The highest BCUT2D eigenvalue weighted by Crippen LogP contribution is 2.09. The van der Waals surface area contributed by atoms with Crippen LogP contribution in [0.1, 0.15) is 41.0 Å². The van der Waals surface area contributed by atoms with Crippen LogP contribution in [0.3, 0.4) is 0 Å². The van der Waals surface area contributed by atoms with Crippen LogP contribution in [0.25, 0.3) is 0 Å². The Morgan fingerprint density at radius 2 is 1.14 bits per heavy atom. The minimum Gasteiger partial charge on any atom is -0.480 e. The Bertz CT molecular complexity index is 566. The average molecular weight is 404 g/mol. The first kappa shape index (κ1) is 25.8. The first-order valence-corrected chi connectivity index (χ1v) is 9.09. The van der Waals surface area contributed by atoms with Crippen molar-refractivity contribution in [3.05, 3.63) is 0 Å². The Kier molecular flexibility index (Phi) is 10.6. The molecule has 0 spiro atoms. The molecule has 0 fully saturated rings. The van der Waals surface area contributed by atoms with E-state index >= 15 is 0 Å². The van der Waals surface area contributed by atoms with Crippen molar-refractivity contribution in [2.45, 2.75) is 77.4 Å².